The third-order valence-electron chi connectivity index (χ3n) is 3.21. The third kappa shape index (κ3) is 2.74. The molecule has 2 aromatic carbocycles. The Morgan fingerprint density at radius 3 is 2.40 bits per heavy atom. The number of nitrogens with two attached hydrogens (primary N) is 1. The Balaban J connectivity index is 2.36. The van der Waals surface area contributed by atoms with Gasteiger partial charge < -0.3 is 15.7 Å². The third-order valence-corrected chi connectivity index (χ3v) is 3.21. The van der Waals surface area contributed by atoms with Crippen molar-refractivity contribution in [3.8, 4) is 5.75 Å². The quantitative estimate of drug-likeness (QED) is 0.843. The van der Waals surface area contributed by atoms with Gasteiger partial charge in [0.15, 0.2) is 0 Å². The minimum Gasteiger partial charge on any atom is -0.508 e. The van der Waals surface area contributed by atoms with Crippen molar-refractivity contribution in [1.29, 1.82) is 0 Å². The van der Waals surface area contributed by atoms with Crippen LogP contribution >= 0.6 is 0 Å². The van der Waals surface area contributed by atoms with Gasteiger partial charge >= 0.3 is 0 Å². The van der Waals surface area contributed by atoms with Crippen molar-refractivity contribution in [2.75, 3.05) is 17.2 Å². The molecule has 1 amide bonds. The maximum Gasteiger partial charge on any atom is 0.258 e. The molecule has 0 aliphatic carbocycles. The van der Waals surface area contributed by atoms with E-state index in [9.17, 15) is 9.90 Å². The minimum absolute atomic E-state index is 0.0882. The highest BCUT2D eigenvalue weighted by Gasteiger charge is 2.18. The molecule has 0 saturated carbocycles. The van der Waals surface area contributed by atoms with Crippen LogP contribution in [0.5, 0.6) is 5.75 Å². The minimum atomic E-state index is -0.0882. The summed E-state index contributed by atoms with van der Waals surface area (Å²) in [5.74, 6) is 0.0735. The van der Waals surface area contributed by atoms with E-state index in [0.717, 1.165) is 11.3 Å². The van der Waals surface area contributed by atoms with Gasteiger partial charge in [0.2, 0.25) is 0 Å². The highest BCUT2D eigenvalue weighted by atomic mass is 16.3. The number of amides is 1. The average molecular weight is 270 g/mol. The van der Waals surface area contributed by atoms with Crippen LogP contribution < -0.4 is 10.6 Å². The molecule has 0 radical (unpaired) electrons. The van der Waals surface area contributed by atoms with Crippen molar-refractivity contribution >= 4 is 17.3 Å². The lowest BCUT2D eigenvalue weighted by molar-refractivity contribution is 0.0987. The molecule has 3 N–H and O–H groups in total. The first-order valence-corrected chi connectivity index (χ1v) is 6.50. The largest absolute Gasteiger partial charge is 0.508 e. The van der Waals surface area contributed by atoms with Crippen molar-refractivity contribution in [3.63, 3.8) is 0 Å². The van der Waals surface area contributed by atoms with Crippen LogP contribution in [-0.4, -0.2) is 17.6 Å². The molecular formula is C16H18N2O2. The van der Waals surface area contributed by atoms with Crippen LogP contribution in [0, 0.1) is 6.92 Å². The Hall–Kier alpha value is -2.49. The van der Waals surface area contributed by atoms with E-state index in [0.29, 0.717) is 17.8 Å². The zero-order valence-electron chi connectivity index (χ0n) is 11.6. The zero-order valence-corrected chi connectivity index (χ0v) is 11.6. The number of phenols is 1. The number of carbonyl (C=O) groups excluding carboxylic acids is 1. The second-order valence-corrected chi connectivity index (χ2v) is 4.64. The van der Waals surface area contributed by atoms with Crippen molar-refractivity contribution in [2.24, 2.45) is 0 Å². The lowest BCUT2D eigenvalue weighted by Gasteiger charge is -2.22. The summed E-state index contributed by atoms with van der Waals surface area (Å²) in [5, 5.41) is 9.42. The van der Waals surface area contributed by atoms with Crippen molar-refractivity contribution in [1.82, 2.24) is 0 Å². The molecule has 0 spiro atoms. The van der Waals surface area contributed by atoms with E-state index < -0.39 is 0 Å². The predicted molar refractivity (Wildman–Crippen MR) is 81.0 cm³/mol. The van der Waals surface area contributed by atoms with Crippen LogP contribution in [-0.2, 0) is 0 Å². The van der Waals surface area contributed by atoms with Gasteiger partial charge in [-0.2, -0.15) is 0 Å². The molecule has 0 bridgehead atoms. The van der Waals surface area contributed by atoms with Crippen molar-refractivity contribution in [2.45, 2.75) is 13.8 Å². The van der Waals surface area contributed by atoms with E-state index in [1.807, 2.05) is 26.0 Å². The van der Waals surface area contributed by atoms with Gasteiger partial charge in [0, 0.05) is 23.5 Å². The van der Waals surface area contributed by atoms with Crippen LogP contribution in [0.2, 0.25) is 0 Å². The first-order chi connectivity index (χ1) is 9.52. The maximum absolute atomic E-state index is 12.6. The molecule has 0 aromatic heterocycles. The molecule has 0 fully saturated rings. The van der Waals surface area contributed by atoms with Gasteiger partial charge in [-0.3, -0.25) is 4.79 Å². The van der Waals surface area contributed by atoms with E-state index in [1.54, 1.807) is 29.2 Å². The lowest BCUT2D eigenvalue weighted by Crippen LogP contribution is -2.31. The highest BCUT2D eigenvalue weighted by Crippen LogP contribution is 2.22. The average Bonchev–Trinajstić information content (AvgIpc) is 2.41. The number of nitrogen functional groups attached to an aromatic ring is 1. The maximum atomic E-state index is 12.6. The summed E-state index contributed by atoms with van der Waals surface area (Å²) in [7, 11) is 0. The summed E-state index contributed by atoms with van der Waals surface area (Å²) >= 11 is 0. The summed E-state index contributed by atoms with van der Waals surface area (Å²) in [6, 6.07) is 12.0. The monoisotopic (exact) mass is 270 g/mol. The highest BCUT2D eigenvalue weighted by molar-refractivity contribution is 6.07. The molecule has 2 aromatic rings. The van der Waals surface area contributed by atoms with Crippen molar-refractivity contribution < 1.29 is 9.90 Å². The van der Waals surface area contributed by atoms with Crippen molar-refractivity contribution in [3.05, 3.63) is 53.6 Å². The number of hydrogen-bond acceptors (Lipinski definition) is 3. The molecule has 0 aliphatic heterocycles. The number of benzene rings is 2. The SMILES string of the molecule is CCN(C(=O)c1ccc(O)cc1C)c1ccc(N)cc1. The Kier molecular flexibility index (Phi) is 3.94. The van der Waals surface area contributed by atoms with E-state index in [2.05, 4.69) is 0 Å². The van der Waals surface area contributed by atoms with Crippen LogP contribution in [0.4, 0.5) is 11.4 Å². The molecule has 0 unspecified atom stereocenters. The zero-order chi connectivity index (χ0) is 14.7. The molecular weight excluding hydrogens is 252 g/mol. The second kappa shape index (κ2) is 5.65. The number of aromatic hydroxyl groups is 1. The summed E-state index contributed by atoms with van der Waals surface area (Å²) in [6.45, 7) is 4.29. The van der Waals surface area contributed by atoms with E-state index in [1.165, 1.54) is 6.07 Å². The molecule has 2 rings (SSSR count). The lowest BCUT2D eigenvalue weighted by atomic mass is 10.1. The Morgan fingerprint density at radius 2 is 1.85 bits per heavy atom. The molecule has 104 valence electrons. The Labute approximate surface area is 118 Å². The van der Waals surface area contributed by atoms with Crippen LogP contribution in [0.25, 0.3) is 0 Å². The van der Waals surface area contributed by atoms with Gasteiger partial charge in [-0.15, -0.1) is 0 Å². The number of phenolic OH excluding ortho intramolecular Hbond substituents is 1. The predicted octanol–water partition coefficient (Wildman–Crippen LogP) is 2.95. The fourth-order valence-electron chi connectivity index (χ4n) is 2.13. The van der Waals surface area contributed by atoms with Crippen LogP contribution in [0.1, 0.15) is 22.8 Å². The van der Waals surface area contributed by atoms with Gasteiger partial charge in [0.25, 0.3) is 5.91 Å². The molecule has 0 heterocycles. The normalized spacial score (nSPS) is 10.3. The molecule has 0 atom stereocenters. The summed E-state index contributed by atoms with van der Waals surface area (Å²) in [5.41, 5.74) is 8.47. The number of anilines is 2. The second-order valence-electron chi connectivity index (χ2n) is 4.64. The molecule has 20 heavy (non-hydrogen) atoms. The van der Waals surface area contributed by atoms with Gasteiger partial charge in [0.1, 0.15) is 5.75 Å². The van der Waals surface area contributed by atoms with Gasteiger partial charge in [-0.1, -0.05) is 0 Å². The topological polar surface area (TPSA) is 66.6 Å². The standard InChI is InChI=1S/C16H18N2O2/c1-3-18(13-6-4-12(17)5-7-13)16(20)15-9-8-14(19)10-11(15)2/h4-10,19H,3,17H2,1-2H3. The number of aryl methyl sites for hydroxylation is 1. The first-order valence-electron chi connectivity index (χ1n) is 6.50. The molecule has 0 aliphatic rings. The number of carbonyl (C=O) groups is 1. The molecule has 4 heteroatoms. The van der Waals surface area contributed by atoms with Gasteiger partial charge in [0.05, 0.1) is 0 Å². The fourth-order valence-corrected chi connectivity index (χ4v) is 2.13. The van der Waals surface area contributed by atoms with Gasteiger partial charge in [-0.05, 0) is 61.9 Å². The summed E-state index contributed by atoms with van der Waals surface area (Å²) in [4.78, 5) is 14.3. The fraction of sp³-hybridized carbons (Fsp3) is 0.188. The molecule has 4 nitrogen and oxygen atoms in total. The number of hydrogen-bond donors (Lipinski definition) is 2. The molecule has 0 saturated heterocycles. The van der Waals surface area contributed by atoms with E-state index in [-0.39, 0.29) is 11.7 Å². The van der Waals surface area contributed by atoms with Crippen LogP contribution in [0.15, 0.2) is 42.5 Å². The van der Waals surface area contributed by atoms with Crippen LogP contribution in [0.3, 0.4) is 0 Å². The number of rotatable bonds is 3. The summed E-state index contributed by atoms with van der Waals surface area (Å²) < 4.78 is 0. The number of nitrogens with zero attached hydrogens (tertiary/aromatic N) is 1. The van der Waals surface area contributed by atoms with Gasteiger partial charge in [-0.25, -0.2) is 0 Å². The smallest absolute Gasteiger partial charge is 0.258 e. The first kappa shape index (κ1) is 13.9. The Morgan fingerprint density at radius 1 is 1.20 bits per heavy atom. The Bertz CT molecular complexity index is 621. The van der Waals surface area contributed by atoms with E-state index >= 15 is 0 Å². The van der Waals surface area contributed by atoms with E-state index in [4.69, 9.17) is 5.73 Å². The summed E-state index contributed by atoms with van der Waals surface area (Å²) in [6.07, 6.45) is 0.